The number of carbonyl (C=O) groups is 1. The van der Waals surface area contributed by atoms with Crippen molar-refractivity contribution in [3.63, 3.8) is 0 Å². The molecule has 1 rings (SSSR count). The van der Waals surface area contributed by atoms with Crippen LogP contribution in [0.4, 0.5) is 0 Å². The van der Waals surface area contributed by atoms with Gasteiger partial charge in [0.05, 0.1) is 12.0 Å². The van der Waals surface area contributed by atoms with E-state index in [1.807, 2.05) is 0 Å². The minimum absolute atomic E-state index is 0.385. The van der Waals surface area contributed by atoms with Gasteiger partial charge in [-0.15, -0.1) is 0 Å². The average molecular weight is 131 g/mol. The molecule has 1 heterocycles. The number of rotatable bonds is 1. The summed E-state index contributed by atoms with van der Waals surface area (Å²) >= 11 is 0. The first-order chi connectivity index (χ1) is 4.22. The standard InChI is InChI=1S/C5H9NO3/c7-4-2-6-1-3(4)5(8)9/h3-4,6-7H,1-2H2,(H,8,9)/t3-,4+/m0/s1. The van der Waals surface area contributed by atoms with Crippen molar-refractivity contribution >= 4 is 5.97 Å². The molecule has 2 atom stereocenters. The van der Waals surface area contributed by atoms with Crippen LogP contribution in [-0.2, 0) is 4.79 Å². The van der Waals surface area contributed by atoms with Crippen LogP contribution in [0.15, 0.2) is 0 Å². The molecule has 0 unspecified atom stereocenters. The predicted molar refractivity (Wildman–Crippen MR) is 30.0 cm³/mol. The molecule has 1 aliphatic rings. The summed E-state index contributed by atoms with van der Waals surface area (Å²) in [6.07, 6.45) is -0.706. The van der Waals surface area contributed by atoms with Crippen molar-refractivity contribution in [3.05, 3.63) is 0 Å². The highest BCUT2D eigenvalue weighted by Gasteiger charge is 2.30. The molecule has 9 heavy (non-hydrogen) atoms. The predicted octanol–water partition coefficient (Wildman–Crippen LogP) is -1.35. The molecule has 0 aromatic carbocycles. The molecule has 0 spiro atoms. The zero-order valence-electron chi connectivity index (χ0n) is 4.87. The second-order valence-electron chi connectivity index (χ2n) is 2.17. The number of carboxylic acids is 1. The number of carboxylic acid groups (broad SMARTS) is 1. The first-order valence-electron chi connectivity index (χ1n) is 2.83. The first kappa shape index (κ1) is 6.51. The molecule has 52 valence electrons. The smallest absolute Gasteiger partial charge is 0.310 e. The lowest BCUT2D eigenvalue weighted by Crippen LogP contribution is -2.25. The second kappa shape index (κ2) is 2.33. The lowest BCUT2D eigenvalue weighted by atomic mass is 10.1. The third kappa shape index (κ3) is 1.20. The molecule has 3 N–H and O–H groups in total. The van der Waals surface area contributed by atoms with Gasteiger partial charge in [0, 0.05) is 13.1 Å². The molecule has 4 nitrogen and oxygen atoms in total. The lowest BCUT2D eigenvalue weighted by molar-refractivity contribution is -0.143. The zero-order chi connectivity index (χ0) is 6.85. The number of hydrogen-bond donors (Lipinski definition) is 3. The number of hydrogen-bond acceptors (Lipinski definition) is 3. The number of aliphatic carboxylic acids is 1. The fraction of sp³-hybridized carbons (Fsp3) is 0.800. The van der Waals surface area contributed by atoms with E-state index in [1.165, 1.54) is 0 Å². The highest BCUT2D eigenvalue weighted by molar-refractivity contribution is 5.71. The third-order valence-electron chi connectivity index (χ3n) is 1.50. The Morgan fingerprint density at radius 1 is 1.56 bits per heavy atom. The SMILES string of the molecule is O=C(O)[C@H]1CNC[C@H]1O. The van der Waals surface area contributed by atoms with Gasteiger partial charge < -0.3 is 15.5 Å². The van der Waals surface area contributed by atoms with E-state index in [0.717, 1.165) is 0 Å². The summed E-state index contributed by atoms with van der Waals surface area (Å²) in [5.74, 6) is -1.53. The maximum absolute atomic E-state index is 10.2. The van der Waals surface area contributed by atoms with Gasteiger partial charge in [-0.1, -0.05) is 0 Å². The van der Waals surface area contributed by atoms with E-state index in [4.69, 9.17) is 10.2 Å². The van der Waals surface area contributed by atoms with Crippen molar-refractivity contribution < 1.29 is 15.0 Å². The van der Waals surface area contributed by atoms with Crippen LogP contribution in [-0.4, -0.2) is 35.4 Å². The molecule has 0 bridgehead atoms. The van der Waals surface area contributed by atoms with E-state index in [0.29, 0.717) is 13.1 Å². The lowest BCUT2D eigenvalue weighted by Gasteiger charge is -2.05. The van der Waals surface area contributed by atoms with Crippen LogP contribution < -0.4 is 5.32 Å². The molecule has 0 aromatic rings. The van der Waals surface area contributed by atoms with Crippen molar-refractivity contribution in [1.29, 1.82) is 0 Å². The highest BCUT2D eigenvalue weighted by Crippen LogP contribution is 2.07. The van der Waals surface area contributed by atoms with Crippen molar-refractivity contribution in [1.82, 2.24) is 5.32 Å². The van der Waals surface area contributed by atoms with Crippen LogP contribution >= 0.6 is 0 Å². The number of aliphatic hydroxyl groups excluding tert-OH is 1. The molecule has 0 amide bonds. The Balaban J connectivity index is 2.49. The highest BCUT2D eigenvalue weighted by atomic mass is 16.4. The Labute approximate surface area is 52.5 Å². The van der Waals surface area contributed by atoms with Crippen LogP contribution in [0.25, 0.3) is 0 Å². The van der Waals surface area contributed by atoms with E-state index >= 15 is 0 Å². The van der Waals surface area contributed by atoms with Crippen LogP contribution in [0.3, 0.4) is 0 Å². The maximum Gasteiger partial charge on any atom is 0.310 e. The average Bonchev–Trinajstić information content (AvgIpc) is 2.13. The van der Waals surface area contributed by atoms with E-state index in [9.17, 15) is 4.79 Å². The van der Waals surface area contributed by atoms with E-state index < -0.39 is 18.0 Å². The number of β-amino-alcohol motifs (C(OH)–C–C–N with tert-alkyl or cyclic N) is 1. The van der Waals surface area contributed by atoms with Crippen LogP contribution in [0.5, 0.6) is 0 Å². The fourth-order valence-corrected chi connectivity index (χ4v) is 0.917. The van der Waals surface area contributed by atoms with Gasteiger partial charge in [0.1, 0.15) is 0 Å². The van der Waals surface area contributed by atoms with Crippen LogP contribution in [0, 0.1) is 5.92 Å². The maximum atomic E-state index is 10.2. The van der Waals surface area contributed by atoms with Gasteiger partial charge in [-0.25, -0.2) is 0 Å². The number of aliphatic hydroxyl groups is 1. The Morgan fingerprint density at radius 3 is 2.44 bits per heavy atom. The van der Waals surface area contributed by atoms with Crippen LogP contribution in [0.1, 0.15) is 0 Å². The second-order valence-corrected chi connectivity index (χ2v) is 2.17. The molecule has 4 heteroatoms. The summed E-state index contributed by atoms with van der Waals surface area (Å²) in [5.41, 5.74) is 0. The van der Waals surface area contributed by atoms with E-state index in [2.05, 4.69) is 5.32 Å². The topological polar surface area (TPSA) is 69.6 Å². The van der Waals surface area contributed by atoms with Crippen LogP contribution in [0.2, 0.25) is 0 Å². The van der Waals surface area contributed by atoms with Gasteiger partial charge >= 0.3 is 5.97 Å². The van der Waals surface area contributed by atoms with Gasteiger partial charge in [-0.3, -0.25) is 4.79 Å². The zero-order valence-corrected chi connectivity index (χ0v) is 4.87. The fourth-order valence-electron chi connectivity index (χ4n) is 0.917. The van der Waals surface area contributed by atoms with Crippen molar-refractivity contribution in [2.24, 2.45) is 5.92 Å². The molecule has 0 aliphatic carbocycles. The summed E-state index contributed by atoms with van der Waals surface area (Å²) in [6, 6.07) is 0. The molecule has 0 aromatic heterocycles. The first-order valence-corrected chi connectivity index (χ1v) is 2.83. The largest absolute Gasteiger partial charge is 0.481 e. The minimum atomic E-state index is -0.924. The number of nitrogens with one attached hydrogen (secondary N) is 1. The quantitative estimate of drug-likeness (QED) is 0.411. The molecule has 1 aliphatic heterocycles. The van der Waals surface area contributed by atoms with Gasteiger partial charge in [-0.2, -0.15) is 0 Å². The monoisotopic (exact) mass is 131 g/mol. The minimum Gasteiger partial charge on any atom is -0.481 e. The normalized spacial score (nSPS) is 34.8. The van der Waals surface area contributed by atoms with Gasteiger partial charge in [0.15, 0.2) is 0 Å². The van der Waals surface area contributed by atoms with E-state index in [-0.39, 0.29) is 0 Å². The molecule has 1 fully saturated rings. The summed E-state index contributed by atoms with van der Waals surface area (Å²) in [6.45, 7) is 0.785. The Hall–Kier alpha value is -0.610. The van der Waals surface area contributed by atoms with Crippen molar-refractivity contribution in [2.45, 2.75) is 6.10 Å². The molecule has 0 radical (unpaired) electrons. The molecular weight excluding hydrogens is 122 g/mol. The van der Waals surface area contributed by atoms with Crippen molar-refractivity contribution in [2.75, 3.05) is 13.1 Å². The summed E-state index contributed by atoms with van der Waals surface area (Å²) in [5, 5.41) is 20.1. The van der Waals surface area contributed by atoms with Gasteiger partial charge in [0.2, 0.25) is 0 Å². The van der Waals surface area contributed by atoms with Crippen molar-refractivity contribution in [3.8, 4) is 0 Å². The van der Waals surface area contributed by atoms with Gasteiger partial charge in [-0.05, 0) is 0 Å². The Morgan fingerprint density at radius 2 is 2.22 bits per heavy atom. The summed E-state index contributed by atoms with van der Waals surface area (Å²) in [4.78, 5) is 10.2. The molecule has 0 saturated carbocycles. The Bertz CT molecular complexity index is 125. The third-order valence-corrected chi connectivity index (χ3v) is 1.50. The molecule has 1 saturated heterocycles. The van der Waals surface area contributed by atoms with E-state index in [1.54, 1.807) is 0 Å². The Kier molecular flexibility index (Phi) is 1.68. The van der Waals surface area contributed by atoms with Gasteiger partial charge in [0.25, 0.3) is 0 Å². The summed E-state index contributed by atoms with van der Waals surface area (Å²) in [7, 11) is 0. The molecular formula is C5H9NO3. The summed E-state index contributed by atoms with van der Waals surface area (Å²) < 4.78 is 0.